The second-order valence-corrected chi connectivity index (χ2v) is 4.89. The van der Waals surface area contributed by atoms with E-state index in [0.29, 0.717) is 0 Å². The van der Waals surface area contributed by atoms with Crippen LogP contribution in [0.15, 0.2) is 42.5 Å². The van der Waals surface area contributed by atoms with Crippen LogP contribution in [-0.2, 0) is 13.1 Å². The van der Waals surface area contributed by atoms with E-state index in [1.165, 1.54) is 27.4 Å². The van der Waals surface area contributed by atoms with Crippen LogP contribution in [-0.4, -0.2) is 11.1 Å². The van der Waals surface area contributed by atoms with Crippen LogP contribution in [0.4, 0.5) is 0 Å². The minimum atomic E-state index is 0. The second kappa shape index (κ2) is 6.29. The zero-order chi connectivity index (χ0) is 13.2. The van der Waals surface area contributed by atoms with E-state index >= 15 is 0 Å². The highest BCUT2D eigenvalue weighted by molar-refractivity contribution is 6.08. The third kappa shape index (κ3) is 2.41. The fraction of sp³-hybridized carbons (Fsp3) is 0.294. The summed E-state index contributed by atoms with van der Waals surface area (Å²) in [6, 6.07) is 15.5. The number of nitrogens with zero attached hydrogens (tertiary/aromatic N) is 1. The summed E-state index contributed by atoms with van der Waals surface area (Å²) in [5.41, 5.74) is 4.03. The smallest absolute Gasteiger partial charge is 0.0491 e. The lowest BCUT2D eigenvalue weighted by Gasteiger charge is -2.04. The van der Waals surface area contributed by atoms with Crippen molar-refractivity contribution < 1.29 is 0 Å². The summed E-state index contributed by atoms with van der Waals surface area (Å²) in [6.07, 6.45) is 0. The molecule has 0 aliphatic carbocycles. The van der Waals surface area contributed by atoms with Gasteiger partial charge in [-0.25, -0.2) is 0 Å². The molecule has 3 aromatic rings. The minimum absolute atomic E-state index is 0. The van der Waals surface area contributed by atoms with E-state index in [-0.39, 0.29) is 12.4 Å². The molecular formula is C17H21ClN2. The van der Waals surface area contributed by atoms with E-state index in [0.717, 1.165) is 19.6 Å². The maximum Gasteiger partial charge on any atom is 0.0491 e. The average molecular weight is 289 g/mol. The van der Waals surface area contributed by atoms with Crippen LogP contribution in [0.25, 0.3) is 21.8 Å². The third-order valence-corrected chi connectivity index (χ3v) is 3.73. The Balaban J connectivity index is 0.00000147. The van der Waals surface area contributed by atoms with Gasteiger partial charge in [-0.3, -0.25) is 0 Å². The predicted molar refractivity (Wildman–Crippen MR) is 89.7 cm³/mol. The molecule has 0 saturated carbocycles. The number of fused-ring (bicyclic) bond motifs is 3. The van der Waals surface area contributed by atoms with Crippen LogP contribution >= 0.6 is 12.4 Å². The Kier molecular flexibility index (Phi) is 4.69. The van der Waals surface area contributed by atoms with Crippen LogP contribution < -0.4 is 5.32 Å². The van der Waals surface area contributed by atoms with Crippen molar-refractivity contribution in [1.82, 2.24) is 9.88 Å². The number of aryl methyl sites for hydroxylation is 1. The Bertz CT molecular complexity index is 715. The minimum Gasteiger partial charge on any atom is -0.341 e. The number of nitrogens with one attached hydrogen (secondary N) is 1. The van der Waals surface area contributed by atoms with Crippen molar-refractivity contribution in [2.45, 2.75) is 26.9 Å². The second-order valence-electron chi connectivity index (χ2n) is 4.89. The number of aromatic nitrogens is 1. The Morgan fingerprint density at radius 1 is 0.950 bits per heavy atom. The SMILES string of the molecule is CCNCc1ccc2c(c1)c1ccccc1n2CC.Cl. The highest BCUT2D eigenvalue weighted by atomic mass is 35.5. The van der Waals surface area contributed by atoms with Crippen LogP contribution in [0, 0.1) is 0 Å². The molecule has 0 atom stereocenters. The monoisotopic (exact) mass is 288 g/mol. The van der Waals surface area contributed by atoms with Crippen molar-refractivity contribution in [2.24, 2.45) is 0 Å². The van der Waals surface area contributed by atoms with Crippen LogP contribution in [0.2, 0.25) is 0 Å². The van der Waals surface area contributed by atoms with Crippen molar-refractivity contribution in [3.63, 3.8) is 0 Å². The number of para-hydroxylation sites is 1. The van der Waals surface area contributed by atoms with Crippen molar-refractivity contribution >= 4 is 34.2 Å². The molecule has 20 heavy (non-hydrogen) atoms. The number of hydrogen-bond donors (Lipinski definition) is 1. The normalized spacial score (nSPS) is 10.9. The molecule has 0 fully saturated rings. The Labute approximate surface area is 126 Å². The van der Waals surface area contributed by atoms with Crippen molar-refractivity contribution in [1.29, 1.82) is 0 Å². The Morgan fingerprint density at radius 3 is 2.45 bits per heavy atom. The first-order valence-corrected chi connectivity index (χ1v) is 7.05. The lowest BCUT2D eigenvalue weighted by molar-refractivity contribution is 0.727. The van der Waals surface area contributed by atoms with Gasteiger partial charge in [0, 0.05) is 34.9 Å². The molecule has 0 saturated heterocycles. The lowest BCUT2D eigenvalue weighted by atomic mass is 10.1. The summed E-state index contributed by atoms with van der Waals surface area (Å²) in [4.78, 5) is 0. The molecule has 1 heterocycles. The lowest BCUT2D eigenvalue weighted by Crippen LogP contribution is -2.11. The topological polar surface area (TPSA) is 17.0 Å². The summed E-state index contributed by atoms with van der Waals surface area (Å²) in [5, 5.41) is 6.12. The summed E-state index contributed by atoms with van der Waals surface area (Å²) in [6.45, 7) is 7.31. The molecule has 0 radical (unpaired) electrons. The van der Waals surface area contributed by atoms with Gasteiger partial charge in [-0.05, 0) is 37.2 Å². The van der Waals surface area contributed by atoms with Crippen LogP contribution in [0.5, 0.6) is 0 Å². The van der Waals surface area contributed by atoms with E-state index in [2.05, 4.69) is 66.2 Å². The molecule has 3 heteroatoms. The molecule has 0 aliphatic heterocycles. The molecule has 0 bridgehead atoms. The van der Waals surface area contributed by atoms with Gasteiger partial charge in [-0.2, -0.15) is 0 Å². The largest absolute Gasteiger partial charge is 0.341 e. The van der Waals surface area contributed by atoms with Gasteiger partial charge in [0.1, 0.15) is 0 Å². The van der Waals surface area contributed by atoms with Crippen molar-refractivity contribution in [2.75, 3.05) is 6.54 Å². The number of halogens is 1. The van der Waals surface area contributed by atoms with Gasteiger partial charge >= 0.3 is 0 Å². The van der Waals surface area contributed by atoms with E-state index in [4.69, 9.17) is 0 Å². The fourth-order valence-electron chi connectivity index (χ4n) is 2.82. The summed E-state index contributed by atoms with van der Waals surface area (Å²) in [7, 11) is 0. The molecule has 0 aliphatic rings. The quantitative estimate of drug-likeness (QED) is 0.755. The Morgan fingerprint density at radius 2 is 1.70 bits per heavy atom. The van der Waals surface area contributed by atoms with E-state index in [9.17, 15) is 0 Å². The number of rotatable bonds is 4. The van der Waals surface area contributed by atoms with E-state index in [1.807, 2.05) is 0 Å². The van der Waals surface area contributed by atoms with Crippen molar-refractivity contribution in [3.05, 3.63) is 48.0 Å². The van der Waals surface area contributed by atoms with Crippen LogP contribution in [0.3, 0.4) is 0 Å². The number of hydrogen-bond acceptors (Lipinski definition) is 1. The first-order valence-electron chi connectivity index (χ1n) is 7.05. The predicted octanol–water partition coefficient (Wildman–Crippen LogP) is 4.35. The standard InChI is InChI=1S/C17H20N2.ClH/c1-3-18-12-13-9-10-17-15(11-13)14-7-5-6-8-16(14)19(17)4-2;/h5-11,18H,3-4,12H2,1-2H3;1H. The first kappa shape index (κ1) is 14.9. The third-order valence-electron chi connectivity index (χ3n) is 3.73. The fourth-order valence-corrected chi connectivity index (χ4v) is 2.82. The maximum absolute atomic E-state index is 3.39. The molecule has 106 valence electrons. The summed E-state index contributed by atoms with van der Waals surface area (Å²) >= 11 is 0. The van der Waals surface area contributed by atoms with Gasteiger partial charge in [0.05, 0.1) is 0 Å². The summed E-state index contributed by atoms with van der Waals surface area (Å²) in [5.74, 6) is 0. The molecule has 1 N–H and O–H groups in total. The van der Waals surface area contributed by atoms with E-state index < -0.39 is 0 Å². The maximum atomic E-state index is 3.39. The Hall–Kier alpha value is -1.51. The van der Waals surface area contributed by atoms with Crippen molar-refractivity contribution in [3.8, 4) is 0 Å². The zero-order valence-corrected chi connectivity index (χ0v) is 12.8. The molecule has 2 nitrogen and oxygen atoms in total. The zero-order valence-electron chi connectivity index (χ0n) is 12.0. The first-order chi connectivity index (χ1) is 9.35. The van der Waals surface area contributed by atoms with Crippen LogP contribution in [0.1, 0.15) is 19.4 Å². The molecule has 0 unspecified atom stereocenters. The van der Waals surface area contributed by atoms with Gasteiger partial charge in [0.25, 0.3) is 0 Å². The van der Waals surface area contributed by atoms with Gasteiger partial charge in [0.15, 0.2) is 0 Å². The number of benzene rings is 2. The highest BCUT2D eigenvalue weighted by Gasteiger charge is 2.09. The molecular weight excluding hydrogens is 268 g/mol. The van der Waals surface area contributed by atoms with E-state index in [1.54, 1.807) is 0 Å². The van der Waals surface area contributed by atoms with Gasteiger partial charge in [-0.15, -0.1) is 12.4 Å². The molecule has 0 amide bonds. The average Bonchev–Trinajstić information content (AvgIpc) is 2.78. The van der Waals surface area contributed by atoms with Gasteiger partial charge in [-0.1, -0.05) is 31.2 Å². The van der Waals surface area contributed by atoms with Gasteiger partial charge < -0.3 is 9.88 Å². The van der Waals surface area contributed by atoms with Gasteiger partial charge in [0.2, 0.25) is 0 Å². The molecule has 0 spiro atoms. The molecule has 3 rings (SSSR count). The highest BCUT2D eigenvalue weighted by Crippen LogP contribution is 2.29. The molecule has 2 aromatic carbocycles. The summed E-state index contributed by atoms with van der Waals surface area (Å²) < 4.78 is 2.39. The molecule has 1 aromatic heterocycles.